The number of benzene rings is 1. The highest BCUT2D eigenvalue weighted by Crippen LogP contribution is 2.30. The molecule has 16 heavy (non-hydrogen) atoms. The summed E-state index contributed by atoms with van der Waals surface area (Å²) in [5.41, 5.74) is 6.64. The second-order valence-corrected chi connectivity index (χ2v) is 3.46. The van der Waals surface area contributed by atoms with Crippen LogP contribution in [-0.2, 0) is 4.79 Å². The highest BCUT2D eigenvalue weighted by molar-refractivity contribution is 6.31. The van der Waals surface area contributed by atoms with E-state index in [1.165, 1.54) is 7.11 Å². The number of aryl methyl sites for hydroxylation is 1. The lowest BCUT2D eigenvalue weighted by Crippen LogP contribution is -2.22. The Labute approximate surface area is 106 Å². The van der Waals surface area contributed by atoms with Crippen LogP contribution in [-0.4, -0.2) is 19.6 Å². The molecule has 0 fully saturated rings. The van der Waals surface area contributed by atoms with Crippen molar-refractivity contribution in [3.05, 3.63) is 22.7 Å². The Hall–Kier alpha value is -0.970. The Morgan fingerprint density at radius 1 is 1.56 bits per heavy atom. The van der Waals surface area contributed by atoms with E-state index >= 15 is 0 Å². The van der Waals surface area contributed by atoms with Crippen LogP contribution in [0.4, 0.5) is 5.69 Å². The average molecular weight is 265 g/mol. The summed E-state index contributed by atoms with van der Waals surface area (Å²) in [7, 11) is 1.51. The maximum Gasteiger partial charge on any atom is 0.238 e. The van der Waals surface area contributed by atoms with Gasteiger partial charge in [-0.3, -0.25) is 4.79 Å². The van der Waals surface area contributed by atoms with Gasteiger partial charge in [-0.25, -0.2) is 0 Å². The van der Waals surface area contributed by atoms with Crippen molar-refractivity contribution in [2.45, 2.75) is 6.92 Å². The molecule has 0 aliphatic carbocycles. The molecule has 3 N–H and O–H groups in total. The Balaban J connectivity index is 0.00000225. The number of ether oxygens (including phenoxy) is 1. The first-order valence-corrected chi connectivity index (χ1v) is 4.80. The lowest BCUT2D eigenvalue weighted by Gasteiger charge is -2.11. The molecule has 0 aliphatic rings. The van der Waals surface area contributed by atoms with Gasteiger partial charge < -0.3 is 15.8 Å². The third-order valence-corrected chi connectivity index (χ3v) is 2.35. The summed E-state index contributed by atoms with van der Waals surface area (Å²) in [5, 5.41) is 3.23. The van der Waals surface area contributed by atoms with E-state index in [2.05, 4.69) is 5.32 Å². The molecule has 6 heteroatoms. The van der Waals surface area contributed by atoms with E-state index in [4.69, 9.17) is 22.1 Å². The molecule has 90 valence electrons. The summed E-state index contributed by atoms with van der Waals surface area (Å²) in [6.45, 7) is 1.78. The normalized spacial score (nSPS) is 9.25. The lowest BCUT2D eigenvalue weighted by atomic mass is 10.2. The molecule has 0 aromatic heterocycles. The number of nitrogens with two attached hydrogens (primary N) is 1. The van der Waals surface area contributed by atoms with Gasteiger partial charge in [0.25, 0.3) is 0 Å². The minimum absolute atomic E-state index is 0. The van der Waals surface area contributed by atoms with Crippen molar-refractivity contribution in [2.75, 3.05) is 19.0 Å². The smallest absolute Gasteiger partial charge is 0.238 e. The molecule has 0 bridgehead atoms. The number of carbonyl (C=O) groups excluding carboxylic acids is 1. The van der Waals surface area contributed by atoms with Crippen molar-refractivity contribution < 1.29 is 9.53 Å². The van der Waals surface area contributed by atoms with Gasteiger partial charge in [0, 0.05) is 11.1 Å². The lowest BCUT2D eigenvalue weighted by molar-refractivity contribution is -0.114. The third kappa shape index (κ3) is 3.56. The van der Waals surface area contributed by atoms with Gasteiger partial charge in [-0.05, 0) is 18.6 Å². The number of methoxy groups -OCH3 is 1. The number of hydrogen-bond acceptors (Lipinski definition) is 3. The molecule has 0 heterocycles. The molecule has 4 nitrogen and oxygen atoms in total. The van der Waals surface area contributed by atoms with Crippen molar-refractivity contribution in [3.63, 3.8) is 0 Å². The maximum atomic E-state index is 11.1. The van der Waals surface area contributed by atoms with Gasteiger partial charge in [-0.15, -0.1) is 12.4 Å². The molecule has 1 aromatic carbocycles. The molecule has 1 rings (SSSR count). The van der Waals surface area contributed by atoms with Gasteiger partial charge in [-0.1, -0.05) is 11.6 Å². The molecule has 0 aliphatic heterocycles. The van der Waals surface area contributed by atoms with Crippen LogP contribution in [0.15, 0.2) is 12.1 Å². The highest BCUT2D eigenvalue weighted by Gasteiger charge is 2.08. The Bertz CT molecular complexity index is 383. The van der Waals surface area contributed by atoms with Crippen LogP contribution >= 0.6 is 24.0 Å². The van der Waals surface area contributed by atoms with E-state index < -0.39 is 0 Å². The van der Waals surface area contributed by atoms with Crippen LogP contribution < -0.4 is 15.8 Å². The summed E-state index contributed by atoms with van der Waals surface area (Å²) in [5.74, 6) is 0.252. The van der Waals surface area contributed by atoms with Gasteiger partial charge in [-0.2, -0.15) is 0 Å². The molecule has 1 aromatic rings. The van der Waals surface area contributed by atoms with Crippen molar-refractivity contribution in [1.82, 2.24) is 0 Å². The fourth-order valence-electron chi connectivity index (χ4n) is 1.13. The first kappa shape index (κ1) is 15.0. The standard InChI is InChI=1S/C10H13ClN2O2.ClH/c1-6-3-8(13-10(14)5-12)9(15-2)4-7(6)11;/h3-4H,5,12H2,1-2H3,(H,13,14);1H. The first-order valence-electron chi connectivity index (χ1n) is 4.42. The zero-order chi connectivity index (χ0) is 11.4. The van der Waals surface area contributed by atoms with Crippen LogP contribution in [0.3, 0.4) is 0 Å². The topological polar surface area (TPSA) is 64.3 Å². The van der Waals surface area contributed by atoms with Crippen LogP contribution in [0.2, 0.25) is 5.02 Å². The molecule has 0 saturated heterocycles. The van der Waals surface area contributed by atoms with Gasteiger partial charge in [0.2, 0.25) is 5.91 Å². The van der Waals surface area contributed by atoms with Gasteiger partial charge in [0.15, 0.2) is 0 Å². The predicted molar refractivity (Wildman–Crippen MR) is 67.7 cm³/mol. The van der Waals surface area contributed by atoms with Crippen LogP contribution in [0, 0.1) is 6.92 Å². The molecular formula is C10H14Cl2N2O2. The van der Waals surface area contributed by atoms with Gasteiger partial charge >= 0.3 is 0 Å². The highest BCUT2D eigenvalue weighted by atomic mass is 35.5. The van der Waals surface area contributed by atoms with Crippen molar-refractivity contribution in [3.8, 4) is 5.75 Å². The Kier molecular flexibility index (Phi) is 6.18. The fraction of sp³-hybridized carbons (Fsp3) is 0.300. The second kappa shape index (κ2) is 6.58. The minimum Gasteiger partial charge on any atom is -0.495 e. The molecule has 1 amide bonds. The largest absolute Gasteiger partial charge is 0.495 e. The second-order valence-electron chi connectivity index (χ2n) is 3.05. The zero-order valence-corrected chi connectivity index (χ0v) is 10.6. The third-order valence-electron chi connectivity index (χ3n) is 1.94. The number of anilines is 1. The van der Waals surface area contributed by atoms with Gasteiger partial charge in [0.05, 0.1) is 19.3 Å². The molecule has 0 radical (unpaired) electrons. The quantitative estimate of drug-likeness (QED) is 0.878. The molecule has 0 unspecified atom stereocenters. The summed E-state index contributed by atoms with van der Waals surface area (Å²) in [6, 6.07) is 3.40. The number of carbonyl (C=O) groups is 1. The van der Waals surface area contributed by atoms with Crippen molar-refractivity contribution >= 4 is 35.6 Å². The van der Waals surface area contributed by atoms with Crippen LogP contribution in [0.25, 0.3) is 0 Å². The van der Waals surface area contributed by atoms with Crippen LogP contribution in [0.5, 0.6) is 5.75 Å². The fourth-order valence-corrected chi connectivity index (χ4v) is 1.28. The van der Waals surface area contributed by atoms with E-state index in [1.807, 2.05) is 6.92 Å². The average Bonchev–Trinajstić information content (AvgIpc) is 2.22. The molecule has 0 saturated carbocycles. The molecule has 0 spiro atoms. The monoisotopic (exact) mass is 264 g/mol. The summed E-state index contributed by atoms with van der Waals surface area (Å²) < 4.78 is 5.09. The van der Waals surface area contributed by atoms with Crippen molar-refractivity contribution in [2.24, 2.45) is 5.73 Å². The summed E-state index contributed by atoms with van der Waals surface area (Å²) in [6.07, 6.45) is 0. The van der Waals surface area contributed by atoms with E-state index in [9.17, 15) is 4.79 Å². The molecule has 0 atom stereocenters. The SMILES string of the molecule is COc1cc(Cl)c(C)cc1NC(=O)CN.Cl. The maximum absolute atomic E-state index is 11.1. The molecular weight excluding hydrogens is 251 g/mol. The number of hydrogen-bond donors (Lipinski definition) is 2. The van der Waals surface area contributed by atoms with Crippen LogP contribution in [0.1, 0.15) is 5.56 Å². The number of amides is 1. The van der Waals surface area contributed by atoms with E-state index in [0.29, 0.717) is 16.5 Å². The zero-order valence-electron chi connectivity index (χ0n) is 9.04. The van der Waals surface area contributed by atoms with Crippen molar-refractivity contribution in [1.29, 1.82) is 0 Å². The summed E-state index contributed by atoms with van der Waals surface area (Å²) in [4.78, 5) is 11.1. The number of nitrogens with one attached hydrogen (secondary N) is 1. The van der Waals surface area contributed by atoms with E-state index in [-0.39, 0.29) is 24.9 Å². The van der Waals surface area contributed by atoms with Gasteiger partial charge in [0.1, 0.15) is 5.75 Å². The van der Waals surface area contributed by atoms with E-state index in [1.54, 1.807) is 12.1 Å². The number of rotatable bonds is 3. The summed E-state index contributed by atoms with van der Waals surface area (Å²) >= 11 is 5.92. The predicted octanol–water partition coefficient (Wildman–Crippen LogP) is 1.98. The van der Waals surface area contributed by atoms with E-state index in [0.717, 1.165) is 5.56 Å². The first-order chi connectivity index (χ1) is 7.08. The Morgan fingerprint density at radius 3 is 2.69 bits per heavy atom. The number of halogens is 2. The Morgan fingerprint density at radius 2 is 2.19 bits per heavy atom. The minimum atomic E-state index is -0.268.